The van der Waals surface area contributed by atoms with Crippen molar-refractivity contribution in [2.75, 3.05) is 0 Å². The number of fused-ring (bicyclic) bond motifs is 5. The van der Waals surface area contributed by atoms with Crippen LogP contribution < -0.4 is 0 Å². The van der Waals surface area contributed by atoms with E-state index in [-0.39, 0.29) is 28.3 Å². The molecule has 4 nitrogen and oxygen atoms in total. The van der Waals surface area contributed by atoms with Gasteiger partial charge in [0, 0.05) is 24.8 Å². The summed E-state index contributed by atoms with van der Waals surface area (Å²) in [5.74, 6) is 0.287. The van der Waals surface area contributed by atoms with Gasteiger partial charge < -0.3 is 5.11 Å². The van der Waals surface area contributed by atoms with Crippen LogP contribution in [-0.2, 0) is 14.4 Å². The summed E-state index contributed by atoms with van der Waals surface area (Å²) in [5, 5.41) is 9.20. The van der Waals surface area contributed by atoms with Crippen LogP contribution in [0.5, 0.6) is 0 Å². The Bertz CT molecular complexity index is 730. The predicted octanol–water partition coefficient (Wildman–Crippen LogP) is 3.71. The smallest absolute Gasteiger partial charge is 0.328 e. The van der Waals surface area contributed by atoms with Crippen LogP contribution in [0.4, 0.5) is 0 Å². The van der Waals surface area contributed by atoms with E-state index >= 15 is 0 Å². The number of ketones is 2. The zero-order valence-electron chi connectivity index (χ0n) is 15.0. The summed E-state index contributed by atoms with van der Waals surface area (Å²) < 4.78 is 0. The van der Waals surface area contributed by atoms with E-state index in [0.29, 0.717) is 24.7 Å². The number of carbonyl (C=O) groups is 3. The molecule has 4 aliphatic rings. The minimum absolute atomic E-state index is 0.00264. The number of Topliss-reactive ketones (excluding diaryl/α,β-unsaturated/α-hetero) is 1. The van der Waals surface area contributed by atoms with Crippen molar-refractivity contribution in [2.45, 2.75) is 58.8 Å². The van der Waals surface area contributed by atoms with Gasteiger partial charge in [-0.3, -0.25) is 9.59 Å². The first-order valence-corrected chi connectivity index (χ1v) is 9.46. The lowest BCUT2D eigenvalue weighted by atomic mass is 9.47. The summed E-state index contributed by atoms with van der Waals surface area (Å²) in [4.78, 5) is 36.3. The molecule has 134 valence electrons. The Morgan fingerprint density at radius 1 is 1.16 bits per heavy atom. The molecule has 1 N–H and O–H groups in total. The van der Waals surface area contributed by atoms with Gasteiger partial charge in [0.2, 0.25) is 0 Å². The van der Waals surface area contributed by atoms with E-state index in [9.17, 15) is 19.5 Å². The largest absolute Gasteiger partial charge is 0.478 e. The second-order valence-electron chi connectivity index (χ2n) is 8.95. The average Bonchev–Trinajstić information content (AvgIpc) is 2.83. The maximum atomic E-state index is 13.3. The zero-order valence-corrected chi connectivity index (χ0v) is 15.0. The molecule has 0 radical (unpaired) electrons. The molecule has 0 saturated heterocycles. The van der Waals surface area contributed by atoms with Crippen molar-refractivity contribution >= 4 is 17.5 Å². The van der Waals surface area contributed by atoms with Gasteiger partial charge in [-0.15, -0.1) is 0 Å². The minimum Gasteiger partial charge on any atom is -0.478 e. The van der Waals surface area contributed by atoms with E-state index in [1.165, 1.54) is 11.6 Å². The van der Waals surface area contributed by atoms with Crippen LogP contribution >= 0.6 is 0 Å². The quantitative estimate of drug-likeness (QED) is 0.738. The molecule has 3 saturated carbocycles. The second-order valence-corrected chi connectivity index (χ2v) is 8.95. The highest BCUT2D eigenvalue weighted by molar-refractivity contribution is 5.93. The second kappa shape index (κ2) is 5.39. The van der Waals surface area contributed by atoms with Crippen LogP contribution in [0.15, 0.2) is 23.3 Å². The van der Waals surface area contributed by atoms with Crippen LogP contribution in [0, 0.1) is 28.6 Å². The van der Waals surface area contributed by atoms with Gasteiger partial charge in [-0.25, -0.2) is 4.79 Å². The van der Waals surface area contributed by atoms with Gasteiger partial charge in [0.05, 0.1) is 0 Å². The van der Waals surface area contributed by atoms with E-state index in [2.05, 4.69) is 13.8 Å². The number of carboxylic acid groups (broad SMARTS) is 1. The first kappa shape index (κ1) is 16.7. The lowest BCUT2D eigenvalue weighted by Crippen LogP contribution is -2.54. The fourth-order valence-electron chi connectivity index (χ4n) is 6.62. The molecule has 4 heteroatoms. The lowest BCUT2D eigenvalue weighted by molar-refractivity contribution is -0.143. The van der Waals surface area contributed by atoms with Crippen molar-refractivity contribution < 1.29 is 19.5 Å². The monoisotopic (exact) mass is 342 g/mol. The van der Waals surface area contributed by atoms with Crippen molar-refractivity contribution in [1.82, 2.24) is 0 Å². The molecule has 0 spiro atoms. The zero-order chi connectivity index (χ0) is 18.0. The highest BCUT2D eigenvalue weighted by Crippen LogP contribution is 2.65. The Hall–Kier alpha value is -1.71. The number of carbonyl (C=O) groups excluding carboxylic acids is 2. The first-order chi connectivity index (χ1) is 11.8. The van der Waals surface area contributed by atoms with Gasteiger partial charge >= 0.3 is 5.97 Å². The third-order valence-corrected chi connectivity index (χ3v) is 7.80. The lowest BCUT2D eigenvalue weighted by Gasteiger charge is -2.56. The van der Waals surface area contributed by atoms with Gasteiger partial charge in [-0.2, -0.15) is 0 Å². The maximum absolute atomic E-state index is 13.3. The SMILES string of the molecule is C[C@@]12CC(=O)[C@@H]3[C@H](CCC4=CC(=O)CC[C@]43C)[C@H]1CC/C2=C\C(=O)O. The van der Waals surface area contributed by atoms with Crippen molar-refractivity contribution in [3.05, 3.63) is 23.3 Å². The summed E-state index contributed by atoms with van der Waals surface area (Å²) in [6.07, 6.45) is 8.57. The van der Waals surface area contributed by atoms with E-state index in [0.717, 1.165) is 37.7 Å². The highest BCUT2D eigenvalue weighted by Gasteiger charge is 2.60. The van der Waals surface area contributed by atoms with Crippen LogP contribution in [-0.4, -0.2) is 22.6 Å². The van der Waals surface area contributed by atoms with Crippen LogP contribution in [0.1, 0.15) is 58.8 Å². The fourth-order valence-corrected chi connectivity index (χ4v) is 6.62. The van der Waals surface area contributed by atoms with Gasteiger partial charge in [0.25, 0.3) is 0 Å². The molecule has 0 aliphatic heterocycles. The molecule has 4 rings (SSSR count). The first-order valence-electron chi connectivity index (χ1n) is 9.46. The topological polar surface area (TPSA) is 71.4 Å². The van der Waals surface area contributed by atoms with Gasteiger partial charge in [0.1, 0.15) is 5.78 Å². The average molecular weight is 342 g/mol. The Balaban J connectivity index is 1.74. The summed E-state index contributed by atoms with van der Waals surface area (Å²) in [5.41, 5.74) is 1.66. The molecule has 0 bridgehead atoms. The van der Waals surface area contributed by atoms with Gasteiger partial charge in [-0.05, 0) is 60.8 Å². The molecule has 0 aromatic rings. The maximum Gasteiger partial charge on any atom is 0.328 e. The molecule has 3 fully saturated rings. The molecule has 0 heterocycles. The third kappa shape index (κ3) is 2.29. The van der Waals surface area contributed by atoms with E-state index in [4.69, 9.17) is 0 Å². The third-order valence-electron chi connectivity index (χ3n) is 7.80. The van der Waals surface area contributed by atoms with Crippen LogP contribution in [0.3, 0.4) is 0 Å². The molecule has 0 unspecified atom stereocenters. The predicted molar refractivity (Wildman–Crippen MR) is 92.8 cm³/mol. The van der Waals surface area contributed by atoms with Crippen LogP contribution in [0.2, 0.25) is 0 Å². The Morgan fingerprint density at radius 2 is 1.92 bits per heavy atom. The van der Waals surface area contributed by atoms with Crippen LogP contribution in [0.25, 0.3) is 0 Å². The molecule has 0 aromatic heterocycles. The van der Waals surface area contributed by atoms with Crippen molar-refractivity contribution in [3.63, 3.8) is 0 Å². The highest BCUT2D eigenvalue weighted by atomic mass is 16.4. The summed E-state index contributed by atoms with van der Waals surface area (Å²) >= 11 is 0. The van der Waals surface area contributed by atoms with Gasteiger partial charge in [-0.1, -0.05) is 25.0 Å². The molecular weight excluding hydrogens is 316 g/mol. The van der Waals surface area contributed by atoms with E-state index in [1.54, 1.807) is 0 Å². The Morgan fingerprint density at radius 3 is 2.64 bits per heavy atom. The summed E-state index contributed by atoms with van der Waals surface area (Å²) in [6.45, 7) is 4.29. The number of allylic oxidation sites excluding steroid dienone is 2. The standard InChI is InChI=1S/C21H26O4/c1-20-8-7-14(22)9-12(20)3-5-15-16-6-4-13(10-18(24)25)21(16,2)11-17(23)19(15)20/h9-10,15-16,19H,3-8,11H2,1-2H3,(H,24,25)/b13-10+/t15-,16-,19+,20-,21+/m1/s1. The normalized spacial score (nSPS) is 44.8. The summed E-state index contributed by atoms with van der Waals surface area (Å²) in [7, 11) is 0. The molecule has 25 heavy (non-hydrogen) atoms. The number of hydrogen-bond donors (Lipinski definition) is 1. The fraction of sp³-hybridized carbons (Fsp3) is 0.667. The molecular formula is C21H26O4. The number of aliphatic carboxylic acids is 1. The summed E-state index contributed by atoms with van der Waals surface area (Å²) in [6, 6.07) is 0. The minimum atomic E-state index is -0.905. The number of carboxylic acids is 1. The number of hydrogen-bond acceptors (Lipinski definition) is 3. The van der Waals surface area contributed by atoms with E-state index in [1.807, 2.05) is 6.08 Å². The van der Waals surface area contributed by atoms with Crippen molar-refractivity contribution in [3.8, 4) is 0 Å². The molecule has 5 atom stereocenters. The van der Waals surface area contributed by atoms with Crippen molar-refractivity contribution in [2.24, 2.45) is 28.6 Å². The number of rotatable bonds is 1. The molecule has 0 aromatic carbocycles. The molecule has 4 aliphatic carbocycles. The Labute approximate surface area is 148 Å². The Kier molecular flexibility index (Phi) is 3.61. The van der Waals surface area contributed by atoms with Gasteiger partial charge in [0.15, 0.2) is 5.78 Å². The van der Waals surface area contributed by atoms with E-state index < -0.39 is 5.97 Å². The molecule has 0 amide bonds. The van der Waals surface area contributed by atoms with Crippen molar-refractivity contribution in [1.29, 1.82) is 0 Å².